The van der Waals surface area contributed by atoms with Crippen LogP contribution in [0.4, 0.5) is 0 Å². The lowest BCUT2D eigenvalue weighted by Gasteiger charge is -2.55. The number of aliphatic hydroxyl groups excluding tert-OH is 1. The molecule has 7 heteroatoms. The minimum atomic E-state index is -0.894. The fraction of sp³-hybridized carbons (Fsp3) is 0.476. The van der Waals surface area contributed by atoms with Crippen molar-refractivity contribution in [1.29, 1.82) is 0 Å². The number of methoxy groups -OCH3 is 1. The molecule has 148 valence electrons. The van der Waals surface area contributed by atoms with Gasteiger partial charge in [0.15, 0.2) is 5.76 Å². The summed E-state index contributed by atoms with van der Waals surface area (Å²) in [7, 11) is 1.26. The van der Waals surface area contributed by atoms with Gasteiger partial charge >= 0.3 is 11.9 Å². The molecular formula is C21H22O7. The van der Waals surface area contributed by atoms with Crippen LogP contribution in [0.2, 0.25) is 0 Å². The van der Waals surface area contributed by atoms with Gasteiger partial charge in [-0.05, 0) is 30.9 Å². The summed E-state index contributed by atoms with van der Waals surface area (Å²) < 4.78 is 15.7. The van der Waals surface area contributed by atoms with E-state index in [9.17, 15) is 19.5 Å². The van der Waals surface area contributed by atoms with Crippen LogP contribution in [0.15, 0.2) is 46.0 Å². The zero-order chi connectivity index (χ0) is 20.3. The van der Waals surface area contributed by atoms with E-state index in [-0.39, 0.29) is 17.3 Å². The average molecular weight is 386 g/mol. The standard InChI is InChI=1S/C21H22O7/c1-20-6-4-12-19(25)28-15(11-5-7-27-10-11)9-21(12,2)17(20)16(23)14(22)8-13(20)18(24)26-3/h5,7-8,10,12,15,23H,4,6,9H2,1-3H3/t12-,15-,20-,21-/m0/s1. The van der Waals surface area contributed by atoms with Crippen molar-refractivity contribution in [1.82, 2.24) is 0 Å². The minimum Gasteiger partial charge on any atom is -0.504 e. The fourth-order valence-electron chi connectivity index (χ4n) is 5.27. The molecule has 0 amide bonds. The molecule has 1 aliphatic heterocycles. The van der Waals surface area contributed by atoms with E-state index in [1.165, 1.54) is 19.6 Å². The average Bonchev–Trinajstić information content (AvgIpc) is 3.18. The van der Waals surface area contributed by atoms with Crippen molar-refractivity contribution >= 4 is 17.7 Å². The third-order valence-electron chi connectivity index (χ3n) is 6.64. The molecule has 28 heavy (non-hydrogen) atoms. The molecule has 4 atom stereocenters. The Bertz CT molecular complexity index is 923. The molecule has 3 aliphatic rings. The highest BCUT2D eigenvalue weighted by Crippen LogP contribution is 2.63. The van der Waals surface area contributed by atoms with Crippen molar-refractivity contribution in [3.05, 3.63) is 47.1 Å². The number of hydrogen-bond donors (Lipinski definition) is 1. The summed E-state index contributed by atoms with van der Waals surface area (Å²) in [6, 6.07) is 1.73. The molecule has 0 unspecified atom stereocenters. The van der Waals surface area contributed by atoms with Crippen molar-refractivity contribution in [3.8, 4) is 0 Å². The number of allylic oxidation sites excluding steroid dienone is 2. The van der Waals surface area contributed by atoms with E-state index in [0.29, 0.717) is 30.4 Å². The number of cyclic esters (lactones) is 1. The first kappa shape index (κ1) is 18.5. The van der Waals surface area contributed by atoms with E-state index in [4.69, 9.17) is 13.9 Å². The van der Waals surface area contributed by atoms with Crippen LogP contribution >= 0.6 is 0 Å². The van der Waals surface area contributed by atoms with Gasteiger partial charge in [-0.25, -0.2) is 4.79 Å². The largest absolute Gasteiger partial charge is 0.504 e. The van der Waals surface area contributed by atoms with Gasteiger partial charge in [0.25, 0.3) is 0 Å². The lowest BCUT2D eigenvalue weighted by atomic mass is 9.49. The molecule has 2 aliphatic carbocycles. The van der Waals surface area contributed by atoms with Crippen LogP contribution in [0.3, 0.4) is 0 Å². The Kier molecular flexibility index (Phi) is 4.03. The Morgan fingerprint density at radius 2 is 2.07 bits per heavy atom. The van der Waals surface area contributed by atoms with Crippen molar-refractivity contribution in [2.75, 3.05) is 7.11 Å². The predicted octanol–water partition coefficient (Wildman–Crippen LogP) is 3.18. The molecule has 0 spiro atoms. The minimum absolute atomic E-state index is 0.214. The molecule has 0 aromatic carbocycles. The maximum atomic E-state index is 12.8. The number of hydrogen-bond acceptors (Lipinski definition) is 7. The highest BCUT2D eigenvalue weighted by Gasteiger charge is 2.61. The van der Waals surface area contributed by atoms with E-state index in [2.05, 4.69) is 0 Å². The smallest absolute Gasteiger partial charge is 0.334 e. The van der Waals surface area contributed by atoms with Gasteiger partial charge < -0.3 is 19.0 Å². The van der Waals surface area contributed by atoms with Crippen LogP contribution in [-0.2, 0) is 23.9 Å². The molecular weight excluding hydrogens is 364 g/mol. The van der Waals surface area contributed by atoms with Gasteiger partial charge in [-0.1, -0.05) is 13.8 Å². The van der Waals surface area contributed by atoms with E-state index in [1.54, 1.807) is 6.07 Å². The van der Waals surface area contributed by atoms with Crippen LogP contribution in [-0.4, -0.2) is 29.9 Å². The molecule has 7 nitrogen and oxygen atoms in total. The van der Waals surface area contributed by atoms with Gasteiger partial charge in [-0.3, -0.25) is 9.59 Å². The van der Waals surface area contributed by atoms with E-state index >= 15 is 0 Å². The summed E-state index contributed by atoms with van der Waals surface area (Å²) in [5.74, 6) is -2.51. The van der Waals surface area contributed by atoms with Gasteiger partial charge in [0, 0.05) is 22.5 Å². The number of rotatable bonds is 2. The van der Waals surface area contributed by atoms with Crippen LogP contribution in [0.5, 0.6) is 0 Å². The molecule has 1 saturated carbocycles. The Morgan fingerprint density at radius 1 is 1.32 bits per heavy atom. The normalized spacial score (nSPS) is 34.9. The number of fused-ring (bicyclic) bond motifs is 3. The summed E-state index contributed by atoms with van der Waals surface area (Å²) in [5.41, 5.74) is -0.390. The summed E-state index contributed by atoms with van der Waals surface area (Å²) in [4.78, 5) is 37.7. The third kappa shape index (κ3) is 2.38. The Hall–Kier alpha value is -2.83. The molecule has 2 fully saturated rings. The molecule has 2 heterocycles. The van der Waals surface area contributed by atoms with Crippen LogP contribution in [0.1, 0.15) is 44.8 Å². The zero-order valence-corrected chi connectivity index (χ0v) is 16.0. The maximum Gasteiger partial charge on any atom is 0.334 e. The third-order valence-corrected chi connectivity index (χ3v) is 6.64. The lowest BCUT2D eigenvalue weighted by molar-refractivity contribution is -0.174. The molecule has 4 rings (SSSR count). The number of esters is 2. The highest BCUT2D eigenvalue weighted by molar-refractivity contribution is 6.10. The number of ether oxygens (including phenoxy) is 2. The Labute approximate surface area is 162 Å². The Morgan fingerprint density at radius 3 is 2.71 bits per heavy atom. The summed E-state index contributed by atoms with van der Waals surface area (Å²) in [5, 5.41) is 10.8. The second kappa shape index (κ2) is 6.09. The molecule has 0 bridgehead atoms. The Balaban J connectivity index is 1.86. The van der Waals surface area contributed by atoms with E-state index < -0.39 is 34.6 Å². The van der Waals surface area contributed by atoms with Crippen molar-refractivity contribution < 1.29 is 33.4 Å². The first-order chi connectivity index (χ1) is 13.2. The number of carbonyl (C=O) groups is 3. The van der Waals surface area contributed by atoms with Crippen molar-refractivity contribution in [3.63, 3.8) is 0 Å². The number of furan rings is 1. The second-order valence-electron chi connectivity index (χ2n) is 8.16. The first-order valence-corrected chi connectivity index (χ1v) is 9.24. The first-order valence-electron chi connectivity index (χ1n) is 9.24. The fourth-order valence-corrected chi connectivity index (χ4v) is 5.27. The molecule has 1 aromatic rings. The van der Waals surface area contributed by atoms with Gasteiger partial charge in [0.1, 0.15) is 6.10 Å². The molecule has 1 aromatic heterocycles. The zero-order valence-electron chi connectivity index (χ0n) is 16.0. The lowest BCUT2D eigenvalue weighted by Crippen LogP contribution is -2.53. The monoisotopic (exact) mass is 386 g/mol. The van der Waals surface area contributed by atoms with Crippen LogP contribution in [0, 0.1) is 16.7 Å². The van der Waals surface area contributed by atoms with Crippen molar-refractivity contribution in [2.24, 2.45) is 16.7 Å². The quantitative estimate of drug-likeness (QED) is 0.779. The molecule has 1 saturated heterocycles. The summed E-state index contributed by atoms with van der Waals surface area (Å²) in [6.07, 6.45) is 4.89. The van der Waals surface area contributed by atoms with Gasteiger partial charge in [-0.2, -0.15) is 0 Å². The van der Waals surface area contributed by atoms with Gasteiger partial charge in [0.05, 0.1) is 31.1 Å². The van der Waals surface area contributed by atoms with Crippen molar-refractivity contribution in [2.45, 2.75) is 39.2 Å². The van der Waals surface area contributed by atoms with Gasteiger partial charge in [0.2, 0.25) is 5.78 Å². The van der Waals surface area contributed by atoms with Crippen LogP contribution in [0.25, 0.3) is 0 Å². The predicted molar refractivity (Wildman–Crippen MR) is 95.9 cm³/mol. The van der Waals surface area contributed by atoms with E-state index in [1.807, 2.05) is 13.8 Å². The maximum absolute atomic E-state index is 12.8. The highest BCUT2D eigenvalue weighted by atomic mass is 16.5. The number of aliphatic hydroxyl groups is 1. The van der Waals surface area contributed by atoms with Gasteiger partial charge in [-0.15, -0.1) is 0 Å². The molecule has 1 N–H and O–H groups in total. The SMILES string of the molecule is COC(=O)C1=CC(=O)C(O)=C2[C@@]1(C)CC[C@H]1C(=O)O[C@H](c3ccoc3)C[C@]21C. The van der Waals surface area contributed by atoms with Crippen LogP contribution < -0.4 is 0 Å². The summed E-state index contributed by atoms with van der Waals surface area (Å²) >= 11 is 0. The number of ketones is 1. The van der Waals surface area contributed by atoms with E-state index in [0.717, 1.165) is 6.08 Å². The number of carbonyl (C=O) groups excluding carboxylic acids is 3. The summed E-state index contributed by atoms with van der Waals surface area (Å²) in [6.45, 7) is 3.68. The molecule has 0 radical (unpaired) electrons. The topological polar surface area (TPSA) is 103 Å². The second-order valence-corrected chi connectivity index (χ2v) is 8.16.